The number of carbonyl (C=O) groups is 3. The van der Waals surface area contributed by atoms with Gasteiger partial charge in [-0.05, 0) is 58.1 Å². The normalized spacial score (nSPS) is 11.5. The van der Waals surface area contributed by atoms with E-state index in [0.717, 1.165) is 16.7 Å². The predicted molar refractivity (Wildman–Crippen MR) is 171 cm³/mol. The molecule has 1 atom stereocenters. The van der Waals surface area contributed by atoms with Gasteiger partial charge in [0.1, 0.15) is 11.9 Å². The van der Waals surface area contributed by atoms with Crippen molar-refractivity contribution in [3.05, 3.63) is 129 Å². The van der Waals surface area contributed by atoms with Crippen LogP contribution in [0.25, 0.3) is 0 Å². The third kappa shape index (κ3) is 9.54. The number of pyridine rings is 1. The molecule has 44 heavy (non-hydrogen) atoms. The highest BCUT2D eigenvalue weighted by Crippen LogP contribution is 2.28. The van der Waals surface area contributed by atoms with Crippen LogP contribution in [0.3, 0.4) is 0 Å². The quantitative estimate of drug-likeness (QED) is 0.151. The summed E-state index contributed by atoms with van der Waals surface area (Å²) in [5.74, 6) is -1.33. The molecule has 4 rings (SSSR count). The Morgan fingerprint density at radius 1 is 0.750 bits per heavy atom. The largest absolute Gasteiger partial charge is 0.395 e. The van der Waals surface area contributed by atoms with Gasteiger partial charge in [-0.1, -0.05) is 77.8 Å². The summed E-state index contributed by atoms with van der Waals surface area (Å²) in [6, 6.07) is 23.7. The van der Waals surface area contributed by atoms with Crippen molar-refractivity contribution in [3.63, 3.8) is 0 Å². The summed E-state index contributed by atoms with van der Waals surface area (Å²) in [5, 5.41) is 18.4. The Bertz CT molecular complexity index is 1500. The summed E-state index contributed by atoms with van der Waals surface area (Å²) in [7, 11) is 0. The zero-order valence-corrected chi connectivity index (χ0v) is 25.3. The second kappa shape index (κ2) is 15.9. The number of rotatable bonds is 13. The van der Waals surface area contributed by atoms with Crippen LogP contribution in [0.4, 0.5) is 5.82 Å². The Kier molecular flexibility index (Phi) is 11.7. The first-order valence-corrected chi connectivity index (χ1v) is 14.7. The van der Waals surface area contributed by atoms with Crippen LogP contribution in [-0.2, 0) is 33.8 Å². The van der Waals surface area contributed by atoms with E-state index in [2.05, 4.69) is 20.9 Å². The van der Waals surface area contributed by atoms with Crippen LogP contribution in [0.15, 0.2) is 91.1 Å². The number of benzene rings is 3. The van der Waals surface area contributed by atoms with E-state index >= 15 is 0 Å². The maximum absolute atomic E-state index is 13.9. The number of anilines is 1. The fourth-order valence-electron chi connectivity index (χ4n) is 4.59. The minimum absolute atomic E-state index is 0.121. The monoisotopic (exact) mass is 633 g/mol. The van der Waals surface area contributed by atoms with Gasteiger partial charge >= 0.3 is 0 Å². The number of nitrogens with two attached hydrogens (primary N) is 1. The summed E-state index contributed by atoms with van der Waals surface area (Å²) < 4.78 is 0. The first-order valence-electron chi connectivity index (χ1n) is 14.0. The third-order valence-corrected chi connectivity index (χ3v) is 7.38. The molecular formula is C33H33Cl2N5O4. The highest BCUT2D eigenvalue weighted by atomic mass is 35.5. The SMILES string of the molecule is Nc1ccc(CC(NC(=O)C(c2ccc(Cl)cc2)c2ccc(Cl)cc2)C(=O)NCc2ccc(CC(=O)NCCO)cc2)cn1. The average molecular weight is 635 g/mol. The summed E-state index contributed by atoms with van der Waals surface area (Å²) in [4.78, 5) is 43.5. The van der Waals surface area contributed by atoms with Gasteiger partial charge in [-0.2, -0.15) is 0 Å². The molecule has 1 heterocycles. The smallest absolute Gasteiger partial charge is 0.243 e. The van der Waals surface area contributed by atoms with Gasteiger partial charge in [0.05, 0.1) is 18.9 Å². The number of nitrogens with zero attached hydrogens (tertiary/aromatic N) is 1. The van der Waals surface area contributed by atoms with Crippen molar-refractivity contribution in [2.45, 2.75) is 31.3 Å². The highest BCUT2D eigenvalue weighted by molar-refractivity contribution is 6.30. The highest BCUT2D eigenvalue weighted by Gasteiger charge is 2.28. The van der Waals surface area contributed by atoms with E-state index in [1.54, 1.807) is 66.9 Å². The molecule has 6 N–H and O–H groups in total. The number of carbonyl (C=O) groups excluding carboxylic acids is 3. The molecule has 0 radical (unpaired) electrons. The van der Waals surface area contributed by atoms with E-state index < -0.39 is 12.0 Å². The Balaban J connectivity index is 1.51. The molecule has 9 nitrogen and oxygen atoms in total. The van der Waals surface area contributed by atoms with E-state index in [1.807, 2.05) is 24.3 Å². The van der Waals surface area contributed by atoms with E-state index in [4.69, 9.17) is 34.0 Å². The molecule has 228 valence electrons. The number of hydrogen-bond donors (Lipinski definition) is 5. The van der Waals surface area contributed by atoms with Gasteiger partial charge in [0.15, 0.2) is 0 Å². The molecule has 0 bridgehead atoms. The van der Waals surface area contributed by atoms with Crippen molar-refractivity contribution < 1.29 is 19.5 Å². The fourth-order valence-corrected chi connectivity index (χ4v) is 4.84. The topological polar surface area (TPSA) is 146 Å². The number of halogens is 2. The number of aromatic nitrogens is 1. The molecule has 1 aromatic heterocycles. The number of nitrogen functional groups attached to an aromatic ring is 1. The fraction of sp³-hybridized carbons (Fsp3) is 0.212. The summed E-state index contributed by atoms with van der Waals surface area (Å²) in [6.07, 6.45) is 1.94. The minimum Gasteiger partial charge on any atom is -0.395 e. The number of hydrogen-bond acceptors (Lipinski definition) is 6. The lowest BCUT2D eigenvalue weighted by Gasteiger charge is -2.23. The lowest BCUT2D eigenvalue weighted by atomic mass is 9.90. The van der Waals surface area contributed by atoms with Gasteiger partial charge in [0.25, 0.3) is 0 Å². The van der Waals surface area contributed by atoms with Crippen LogP contribution in [0.5, 0.6) is 0 Å². The van der Waals surface area contributed by atoms with Crippen LogP contribution in [0.1, 0.15) is 33.7 Å². The minimum atomic E-state index is -0.926. The maximum Gasteiger partial charge on any atom is 0.243 e. The van der Waals surface area contributed by atoms with Crippen LogP contribution >= 0.6 is 23.2 Å². The van der Waals surface area contributed by atoms with Crippen molar-refractivity contribution in [2.75, 3.05) is 18.9 Å². The summed E-state index contributed by atoms with van der Waals surface area (Å²) in [5.41, 5.74) is 9.49. The van der Waals surface area contributed by atoms with Gasteiger partial charge in [0.2, 0.25) is 17.7 Å². The molecule has 11 heteroatoms. The lowest BCUT2D eigenvalue weighted by molar-refractivity contribution is -0.129. The molecule has 0 aliphatic rings. The van der Waals surface area contributed by atoms with Crippen molar-refractivity contribution in [3.8, 4) is 0 Å². The van der Waals surface area contributed by atoms with Crippen LogP contribution in [0, 0.1) is 0 Å². The van der Waals surface area contributed by atoms with Gasteiger partial charge in [-0.15, -0.1) is 0 Å². The van der Waals surface area contributed by atoms with Crippen LogP contribution in [-0.4, -0.2) is 47.0 Å². The van der Waals surface area contributed by atoms with Crippen molar-refractivity contribution >= 4 is 46.7 Å². The van der Waals surface area contributed by atoms with Crippen molar-refractivity contribution in [2.24, 2.45) is 0 Å². The van der Waals surface area contributed by atoms with E-state index in [0.29, 0.717) is 27.0 Å². The van der Waals surface area contributed by atoms with Crippen molar-refractivity contribution in [1.29, 1.82) is 0 Å². The van der Waals surface area contributed by atoms with E-state index in [-0.39, 0.29) is 50.3 Å². The predicted octanol–water partition coefficient (Wildman–Crippen LogP) is 3.80. The molecule has 3 amide bonds. The third-order valence-electron chi connectivity index (χ3n) is 6.88. The molecule has 4 aromatic rings. The standard InChI is InChI=1S/C33H33Cl2N5O4/c34-26-10-6-24(7-11-26)31(25-8-12-27(35)13-9-25)33(44)40-28(17-23-5-14-29(36)38-20-23)32(43)39-19-22-3-1-21(2-4-22)18-30(42)37-15-16-41/h1-14,20,28,31,41H,15-19H2,(H2,36,38)(H,37,42)(H,39,43)(H,40,44). The molecule has 3 aromatic carbocycles. The zero-order valence-electron chi connectivity index (χ0n) is 23.8. The second-order valence-corrected chi connectivity index (χ2v) is 11.1. The number of aliphatic hydroxyl groups is 1. The van der Waals surface area contributed by atoms with E-state index in [9.17, 15) is 14.4 Å². The lowest BCUT2D eigenvalue weighted by Crippen LogP contribution is -2.49. The van der Waals surface area contributed by atoms with Gasteiger partial charge in [0, 0.05) is 35.8 Å². The second-order valence-electron chi connectivity index (χ2n) is 10.2. The molecule has 0 saturated heterocycles. The summed E-state index contributed by atoms with van der Waals surface area (Å²) in [6.45, 7) is 0.288. The summed E-state index contributed by atoms with van der Waals surface area (Å²) >= 11 is 12.2. The van der Waals surface area contributed by atoms with Crippen LogP contribution < -0.4 is 21.7 Å². The molecule has 0 aliphatic carbocycles. The van der Waals surface area contributed by atoms with Gasteiger partial charge in [-0.25, -0.2) is 4.98 Å². The Hall–Kier alpha value is -4.44. The Morgan fingerprint density at radius 3 is 1.86 bits per heavy atom. The van der Waals surface area contributed by atoms with Crippen LogP contribution in [0.2, 0.25) is 10.0 Å². The molecular weight excluding hydrogens is 601 g/mol. The first-order chi connectivity index (χ1) is 21.2. The zero-order chi connectivity index (χ0) is 31.5. The van der Waals surface area contributed by atoms with Gasteiger partial charge < -0.3 is 26.8 Å². The molecule has 0 aliphatic heterocycles. The maximum atomic E-state index is 13.9. The number of nitrogens with one attached hydrogen (secondary N) is 3. The number of aliphatic hydroxyl groups excluding tert-OH is 1. The first kappa shape index (κ1) is 32.5. The number of amides is 3. The molecule has 0 saturated carbocycles. The molecule has 0 spiro atoms. The van der Waals surface area contributed by atoms with E-state index in [1.165, 1.54) is 0 Å². The molecule has 0 fully saturated rings. The average Bonchev–Trinajstić information content (AvgIpc) is 3.02. The van der Waals surface area contributed by atoms with Crippen molar-refractivity contribution in [1.82, 2.24) is 20.9 Å². The Labute approximate surface area is 265 Å². The molecule has 1 unspecified atom stereocenters. The van der Waals surface area contributed by atoms with Gasteiger partial charge in [-0.3, -0.25) is 14.4 Å². The Morgan fingerprint density at radius 2 is 1.32 bits per heavy atom.